The van der Waals surface area contributed by atoms with Gasteiger partial charge in [0.1, 0.15) is 28.4 Å². The number of hydrogen-bond acceptors (Lipinski definition) is 9. The average Bonchev–Trinajstić information content (AvgIpc) is 3.83. The maximum atomic E-state index is 17.7. The Morgan fingerprint density at radius 2 is 1.82 bits per heavy atom. The number of nitriles is 1. The lowest BCUT2D eigenvalue weighted by Gasteiger charge is -2.43. The number of fused-ring (bicyclic) bond motifs is 5. The largest absolute Gasteiger partial charge is 0.508 e. The highest BCUT2D eigenvalue weighted by Crippen LogP contribution is 2.49. The molecule has 252 valence electrons. The maximum Gasteiger partial charge on any atom is 0.157 e. The van der Waals surface area contributed by atoms with E-state index >= 15 is 4.39 Å². The van der Waals surface area contributed by atoms with Crippen molar-refractivity contribution in [3.8, 4) is 22.9 Å². The monoisotopic (exact) mass is 667 g/mol. The molecule has 6 heterocycles. The highest BCUT2D eigenvalue weighted by Gasteiger charge is 2.49. The van der Waals surface area contributed by atoms with Gasteiger partial charge in [0.05, 0.1) is 17.6 Å². The van der Waals surface area contributed by atoms with Gasteiger partial charge in [-0.05, 0) is 79.0 Å². The number of imidazole rings is 1. The van der Waals surface area contributed by atoms with Gasteiger partial charge in [0, 0.05) is 74.3 Å². The van der Waals surface area contributed by atoms with Gasteiger partial charge in [-0.1, -0.05) is 24.3 Å². The molecule has 10 nitrogen and oxygen atoms in total. The highest BCUT2D eigenvalue weighted by atomic mass is 19.1. The summed E-state index contributed by atoms with van der Waals surface area (Å²) in [6, 6.07) is 18.0. The van der Waals surface area contributed by atoms with Crippen LogP contribution in [0.2, 0.25) is 0 Å². The number of hydrogen-bond donors (Lipinski definition) is 2. The minimum Gasteiger partial charge on any atom is -0.508 e. The maximum absolute atomic E-state index is 17.7. The smallest absolute Gasteiger partial charge is 0.157 e. The van der Waals surface area contributed by atoms with E-state index < -0.39 is 5.82 Å². The first kappa shape index (κ1) is 30.8. The summed E-state index contributed by atoms with van der Waals surface area (Å²) in [5, 5.41) is 26.5. The number of anilines is 1. The van der Waals surface area contributed by atoms with Crippen molar-refractivity contribution in [3.63, 3.8) is 0 Å². The number of likely N-dealkylation sites (N-methyl/N-ethyl adjacent to an activating group) is 1. The number of aromatic nitrogens is 5. The lowest BCUT2D eigenvalue weighted by molar-refractivity contribution is 0.220. The molecule has 11 heteroatoms. The number of rotatable bonds is 9. The molecule has 6 aromatic rings. The Bertz CT molecular complexity index is 2310. The van der Waals surface area contributed by atoms with Gasteiger partial charge >= 0.3 is 0 Å². The zero-order chi connectivity index (χ0) is 34.1. The molecule has 1 saturated carbocycles. The summed E-state index contributed by atoms with van der Waals surface area (Å²) in [5.74, 6) is 2.45. The van der Waals surface area contributed by atoms with Crippen molar-refractivity contribution in [1.29, 1.82) is 5.26 Å². The number of nitrogens with one attached hydrogen (secondary N) is 1. The zero-order valence-electron chi connectivity index (χ0n) is 28.1. The summed E-state index contributed by atoms with van der Waals surface area (Å²) in [6.07, 6.45) is 6.47. The van der Waals surface area contributed by atoms with E-state index in [2.05, 4.69) is 49.8 Å². The standard InChI is InChI=1S/C39H38FN9O/c1-47(2)25-20-48(21-25)39-36-38(49(37-24-17-30(37)44-19-24)32(45-36)11-10-31-42-13-6-14-43-31)29-16-23(8-5-12-41)33(34(40)35(29)46-39)28-18-26(50)15-22-7-3-4-9-27(22)28/h3-4,6-7,9,13-16,18,24-25,30,37,44,50H,5,8,10-11,17,19-21H2,1-2H3. The fourth-order valence-corrected chi connectivity index (χ4v) is 8.41. The van der Waals surface area contributed by atoms with Gasteiger partial charge in [0.25, 0.3) is 0 Å². The molecule has 3 saturated heterocycles. The van der Waals surface area contributed by atoms with Crippen LogP contribution >= 0.6 is 0 Å². The molecular weight excluding hydrogens is 629 g/mol. The molecule has 3 aromatic heterocycles. The molecule has 0 spiro atoms. The Hall–Kier alpha value is -5.18. The molecule has 3 unspecified atom stereocenters. The molecule has 50 heavy (non-hydrogen) atoms. The van der Waals surface area contributed by atoms with E-state index in [-0.39, 0.29) is 23.7 Å². The highest BCUT2D eigenvalue weighted by molar-refractivity contribution is 6.10. The first-order chi connectivity index (χ1) is 24.4. The SMILES string of the molecule is CN(C)C1CN(c2nc3c(F)c(-c4cc(O)cc5ccccc45)c(CCC#N)cc3c3c2nc(CCc2ncccn2)n3C2C3CNC2C3)C1. The van der Waals surface area contributed by atoms with Gasteiger partial charge in [-0.15, -0.1) is 0 Å². The predicted octanol–water partition coefficient (Wildman–Crippen LogP) is 5.56. The molecular formula is C39H38FN9O. The number of aromatic hydroxyl groups is 1. The third-order valence-corrected chi connectivity index (χ3v) is 11.1. The number of nitrogens with zero attached hydrogens (tertiary/aromatic N) is 8. The summed E-state index contributed by atoms with van der Waals surface area (Å²) in [5.41, 5.74) is 3.64. The fraction of sp³-hybridized carbons (Fsp3) is 0.359. The van der Waals surface area contributed by atoms with Crippen LogP contribution in [0.3, 0.4) is 0 Å². The van der Waals surface area contributed by atoms with E-state index in [1.165, 1.54) is 0 Å². The number of phenolic OH excluding ortho intramolecular Hbond substituents is 1. The first-order valence-corrected chi connectivity index (χ1v) is 17.4. The summed E-state index contributed by atoms with van der Waals surface area (Å²) in [7, 11) is 4.16. The molecule has 0 radical (unpaired) electrons. The van der Waals surface area contributed by atoms with Crippen LogP contribution in [0.1, 0.15) is 36.1 Å². The van der Waals surface area contributed by atoms with Crippen LogP contribution < -0.4 is 10.2 Å². The van der Waals surface area contributed by atoms with Crippen molar-refractivity contribution in [2.24, 2.45) is 5.92 Å². The minimum absolute atomic E-state index is 0.0573. The molecule has 4 aliphatic rings. The second kappa shape index (κ2) is 12.0. The minimum atomic E-state index is -0.444. The van der Waals surface area contributed by atoms with E-state index in [1.54, 1.807) is 24.5 Å². The van der Waals surface area contributed by atoms with E-state index in [0.717, 1.165) is 59.5 Å². The Balaban J connectivity index is 1.33. The third-order valence-electron chi connectivity index (χ3n) is 11.1. The molecule has 10 rings (SSSR count). The molecule has 2 bridgehead atoms. The first-order valence-electron chi connectivity index (χ1n) is 17.4. The van der Waals surface area contributed by atoms with E-state index in [0.29, 0.717) is 65.2 Å². The topological polar surface area (TPSA) is 119 Å². The van der Waals surface area contributed by atoms with Crippen molar-refractivity contribution < 1.29 is 9.50 Å². The van der Waals surface area contributed by atoms with Crippen LogP contribution in [0.25, 0.3) is 43.8 Å². The second-order valence-electron chi connectivity index (χ2n) is 14.2. The van der Waals surface area contributed by atoms with Gasteiger partial charge in [0.2, 0.25) is 0 Å². The van der Waals surface area contributed by atoms with Crippen LogP contribution in [-0.2, 0) is 19.3 Å². The number of benzene rings is 3. The van der Waals surface area contributed by atoms with E-state index in [4.69, 9.17) is 9.97 Å². The van der Waals surface area contributed by atoms with Gasteiger partial charge in [0.15, 0.2) is 11.6 Å². The molecule has 4 fully saturated rings. The zero-order valence-corrected chi connectivity index (χ0v) is 28.1. The van der Waals surface area contributed by atoms with Crippen LogP contribution in [0, 0.1) is 23.1 Å². The lowest BCUT2D eigenvalue weighted by atomic mass is 9.79. The number of halogens is 1. The summed E-state index contributed by atoms with van der Waals surface area (Å²) in [6.45, 7) is 2.48. The van der Waals surface area contributed by atoms with Crippen molar-refractivity contribution in [2.75, 3.05) is 38.6 Å². The van der Waals surface area contributed by atoms with Gasteiger partial charge in [-0.3, -0.25) is 0 Å². The normalized spacial score (nSPS) is 20.1. The Labute approximate surface area is 289 Å². The number of phenols is 1. The van der Waals surface area contributed by atoms with Crippen LogP contribution in [0.5, 0.6) is 5.75 Å². The van der Waals surface area contributed by atoms with Crippen LogP contribution in [0.4, 0.5) is 10.2 Å². The van der Waals surface area contributed by atoms with Crippen molar-refractivity contribution in [3.05, 3.63) is 84.0 Å². The summed E-state index contributed by atoms with van der Waals surface area (Å²) >= 11 is 0. The summed E-state index contributed by atoms with van der Waals surface area (Å²) in [4.78, 5) is 23.9. The van der Waals surface area contributed by atoms with Gasteiger partial charge in [-0.25, -0.2) is 24.3 Å². The molecule has 1 aliphatic carbocycles. The fourth-order valence-electron chi connectivity index (χ4n) is 8.41. The Morgan fingerprint density at radius 3 is 2.56 bits per heavy atom. The third kappa shape index (κ3) is 4.88. The van der Waals surface area contributed by atoms with Gasteiger partial charge < -0.3 is 24.8 Å². The molecule has 3 aliphatic heterocycles. The molecule has 2 N–H and O–H groups in total. The quantitative estimate of drug-likeness (QED) is 0.204. The molecule has 3 aromatic carbocycles. The Morgan fingerprint density at radius 1 is 1.00 bits per heavy atom. The van der Waals surface area contributed by atoms with Crippen molar-refractivity contribution >= 4 is 38.5 Å². The van der Waals surface area contributed by atoms with E-state index in [1.807, 2.05) is 36.4 Å². The van der Waals surface area contributed by atoms with Gasteiger partial charge in [-0.2, -0.15) is 5.26 Å². The van der Waals surface area contributed by atoms with Crippen molar-refractivity contribution in [1.82, 2.24) is 34.7 Å². The molecule has 0 amide bonds. The predicted molar refractivity (Wildman–Crippen MR) is 192 cm³/mol. The Kier molecular flexibility index (Phi) is 7.40. The van der Waals surface area contributed by atoms with Crippen LogP contribution in [0.15, 0.2) is 60.9 Å². The summed E-state index contributed by atoms with van der Waals surface area (Å²) < 4.78 is 20.0. The second-order valence-corrected chi connectivity index (χ2v) is 14.2. The number of aryl methyl sites for hydroxylation is 3. The number of pyridine rings is 1. The average molecular weight is 668 g/mol. The molecule has 3 atom stereocenters. The lowest BCUT2D eigenvalue weighted by Crippen LogP contribution is -2.57. The van der Waals surface area contributed by atoms with E-state index in [9.17, 15) is 10.4 Å². The van der Waals surface area contributed by atoms with Crippen LogP contribution in [-0.4, -0.2) is 80.3 Å². The van der Waals surface area contributed by atoms with Crippen molar-refractivity contribution in [2.45, 2.75) is 50.2 Å².